The molecule has 1 aliphatic carbocycles. The van der Waals surface area contributed by atoms with Gasteiger partial charge in [-0.3, -0.25) is 4.79 Å². The maximum Gasteiger partial charge on any atom is 0.338 e. The van der Waals surface area contributed by atoms with Gasteiger partial charge in [0.05, 0.1) is 11.8 Å². The van der Waals surface area contributed by atoms with Crippen LogP contribution in [0.4, 0.5) is 0 Å². The molecule has 3 aromatic rings. The zero-order chi connectivity index (χ0) is 24.8. The number of aromatic amines is 1. The Morgan fingerprint density at radius 3 is 2.40 bits per heavy atom. The predicted octanol–water partition coefficient (Wildman–Crippen LogP) is 5.15. The van der Waals surface area contributed by atoms with E-state index in [1.165, 1.54) is 18.2 Å². The van der Waals surface area contributed by atoms with Crippen LogP contribution >= 0.6 is 0 Å². The van der Waals surface area contributed by atoms with Gasteiger partial charge in [-0.15, -0.1) is 0 Å². The lowest BCUT2D eigenvalue weighted by molar-refractivity contribution is 0.00693. The number of piperidine rings is 1. The van der Waals surface area contributed by atoms with E-state index in [1.54, 1.807) is 0 Å². The lowest BCUT2D eigenvalue weighted by atomic mass is 9.88. The van der Waals surface area contributed by atoms with Crippen molar-refractivity contribution in [3.63, 3.8) is 0 Å². The third-order valence-electron chi connectivity index (χ3n) is 7.36. The van der Waals surface area contributed by atoms with Crippen LogP contribution < -0.4 is 0 Å². The van der Waals surface area contributed by atoms with Crippen LogP contribution in [0.2, 0.25) is 0 Å². The summed E-state index contributed by atoms with van der Waals surface area (Å²) < 4.78 is 5.50. The van der Waals surface area contributed by atoms with Gasteiger partial charge < -0.3 is 9.64 Å². The van der Waals surface area contributed by atoms with Crippen LogP contribution in [0.15, 0.2) is 48.7 Å². The topological polar surface area (TPSA) is 88.2 Å². The molecule has 1 unspecified atom stereocenters. The highest BCUT2D eigenvalue weighted by Gasteiger charge is 2.55. The van der Waals surface area contributed by atoms with Crippen LogP contribution in [-0.4, -0.2) is 50.9 Å². The molecule has 2 aliphatic rings. The first kappa shape index (κ1) is 23.3. The van der Waals surface area contributed by atoms with Crippen molar-refractivity contribution in [1.82, 2.24) is 20.3 Å². The van der Waals surface area contributed by atoms with Crippen LogP contribution in [0, 0.1) is 12.3 Å². The molecule has 1 aromatic heterocycles. The van der Waals surface area contributed by atoms with Gasteiger partial charge in [0.25, 0.3) is 5.91 Å². The van der Waals surface area contributed by atoms with Crippen molar-refractivity contribution < 1.29 is 14.3 Å². The highest BCUT2D eigenvalue weighted by molar-refractivity contribution is 5.92. The smallest absolute Gasteiger partial charge is 0.338 e. The van der Waals surface area contributed by atoms with Gasteiger partial charge in [0.2, 0.25) is 0 Å². The average molecular weight is 473 g/mol. The van der Waals surface area contributed by atoms with E-state index in [9.17, 15) is 9.59 Å². The fraction of sp³-hybridized carbons (Fsp3) is 0.429. The summed E-state index contributed by atoms with van der Waals surface area (Å²) in [4.78, 5) is 26.8. The molecule has 1 spiro atoms. The van der Waals surface area contributed by atoms with E-state index in [4.69, 9.17) is 4.74 Å². The third kappa shape index (κ3) is 4.72. The summed E-state index contributed by atoms with van der Waals surface area (Å²) >= 11 is 0. The fourth-order valence-electron chi connectivity index (χ4n) is 5.34. The Hall–Kier alpha value is -3.48. The van der Waals surface area contributed by atoms with Crippen LogP contribution in [0.5, 0.6) is 0 Å². The van der Waals surface area contributed by atoms with Gasteiger partial charge >= 0.3 is 5.97 Å². The molecule has 35 heavy (non-hydrogen) atoms. The third-order valence-corrected chi connectivity index (χ3v) is 7.36. The standard InChI is InChI=1S/C28H32N4O3/c1-18-15-21(26(34)35-27(2,3)4)9-10-22(18)19-5-7-20(8-6-19)23-16-28(23)11-13-32(14-12-28)25(33)24-17-29-31-30-24/h5-10,15,17,23H,11-14,16H2,1-4H3,(H,29,30,31). The van der Waals surface area contributed by atoms with Gasteiger partial charge in [-0.2, -0.15) is 15.4 Å². The number of H-pyrrole nitrogens is 1. The van der Waals surface area contributed by atoms with Crippen LogP contribution in [0.25, 0.3) is 11.1 Å². The van der Waals surface area contributed by atoms with E-state index in [0.717, 1.165) is 42.6 Å². The van der Waals surface area contributed by atoms with Crippen molar-refractivity contribution in [1.29, 1.82) is 0 Å². The molecule has 1 amide bonds. The maximum absolute atomic E-state index is 12.5. The highest BCUT2D eigenvalue weighted by Crippen LogP contribution is 2.65. The molecule has 2 heterocycles. The number of rotatable bonds is 4. The van der Waals surface area contributed by atoms with Gasteiger partial charge in [-0.25, -0.2) is 4.79 Å². The number of carbonyl (C=O) groups is 2. The van der Waals surface area contributed by atoms with Gasteiger partial charge in [-0.1, -0.05) is 30.3 Å². The molecule has 7 heteroatoms. The van der Waals surface area contributed by atoms with E-state index in [1.807, 2.05) is 50.8 Å². The van der Waals surface area contributed by atoms with Gasteiger partial charge in [-0.05, 0) is 92.7 Å². The number of aromatic nitrogens is 3. The van der Waals surface area contributed by atoms with Crippen molar-refractivity contribution in [2.45, 2.75) is 58.5 Å². The number of ether oxygens (including phenoxy) is 1. The second-order valence-electron chi connectivity index (χ2n) is 10.9. The number of hydrogen-bond acceptors (Lipinski definition) is 5. The van der Waals surface area contributed by atoms with Gasteiger partial charge in [0.15, 0.2) is 5.69 Å². The van der Waals surface area contributed by atoms with Crippen molar-refractivity contribution in [2.24, 2.45) is 5.41 Å². The molecular formula is C28H32N4O3. The van der Waals surface area contributed by atoms with E-state index >= 15 is 0 Å². The number of aryl methyl sites for hydroxylation is 1. The number of hydrogen-bond donors (Lipinski definition) is 1. The minimum atomic E-state index is -0.511. The van der Waals surface area contributed by atoms with E-state index in [0.29, 0.717) is 22.6 Å². The molecule has 1 N–H and O–H groups in total. The number of amides is 1. The lowest BCUT2D eigenvalue weighted by Gasteiger charge is -2.32. The van der Waals surface area contributed by atoms with Crippen molar-refractivity contribution >= 4 is 11.9 Å². The number of likely N-dealkylation sites (tertiary alicyclic amines) is 1. The lowest BCUT2D eigenvalue weighted by Crippen LogP contribution is -2.39. The predicted molar refractivity (Wildman–Crippen MR) is 133 cm³/mol. The summed E-state index contributed by atoms with van der Waals surface area (Å²) in [5.41, 5.74) is 5.44. The Kier molecular flexibility index (Phi) is 5.74. The summed E-state index contributed by atoms with van der Waals surface area (Å²) in [5.74, 6) is 0.218. The van der Waals surface area contributed by atoms with E-state index in [-0.39, 0.29) is 11.9 Å². The second kappa shape index (κ2) is 8.63. The maximum atomic E-state index is 12.5. The minimum Gasteiger partial charge on any atom is -0.456 e. The molecule has 1 atom stereocenters. The first-order chi connectivity index (χ1) is 16.7. The van der Waals surface area contributed by atoms with Gasteiger partial charge in [0.1, 0.15) is 5.60 Å². The molecule has 2 fully saturated rings. The Balaban J connectivity index is 1.23. The Morgan fingerprint density at radius 1 is 1.09 bits per heavy atom. The van der Waals surface area contributed by atoms with E-state index < -0.39 is 5.60 Å². The summed E-state index contributed by atoms with van der Waals surface area (Å²) in [5, 5.41) is 10.2. The Morgan fingerprint density at radius 2 is 1.80 bits per heavy atom. The SMILES string of the molecule is Cc1cc(C(=O)OC(C)(C)C)ccc1-c1ccc(C2CC23CCN(C(=O)c2cn[nH]n2)CC3)cc1. The number of nitrogens with one attached hydrogen (secondary N) is 1. The highest BCUT2D eigenvalue weighted by atomic mass is 16.6. The van der Waals surface area contributed by atoms with Crippen LogP contribution in [0.1, 0.15) is 77.9 Å². The summed E-state index contributed by atoms with van der Waals surface area (Å²) in [7, 11) is 0. The molecule has 5 rings (SSSR count). The molecule has 0 bridgehead atoms. The number of esters is 1. The van der Waals surface area contributed by atoms with Crippen LogP contribution in [-0.2, 0) is 4.74 Å². The molecule has 182 valence electrons. The Labute approximate surface area is 205 Å². The summed E-state index contributed by atoms with van der Waals surface area (Å²) in [6.45, 7) is 9.19. The molecular weight excluding hydrogens is 440 g/mol. The fourth-order valence-corrected chi connectivity index (χ4v) is 5.34. The zero-order valence-electron chi connectivity index (χ0n) is 20.8. The Bertz CT molecular complexity index is 1230. The minimum absolute atomic E-state index is 0.0387. The van der Waals surface area contributed by atoms with E-state index in [2.05, 4.69) is 39.7 Å². The molecule has 2 aromatic carbocycles. The summed E-state index contributed by atoms with van der Waals surface area (Å²) in [6.07, 6.45) is 4.71. The quantitative estimate of drug-likeness (QED) is 0.531. The van der Waals surface area contributed by atoms with Gasteiger partial charge in [0, 0.05) is 13.1 Å². The van der Waals surface area contributed by atoms with Crippen molar-refractivity contribution in [3.05, 3.63) is 71.0 Å². The molecule has 1 saturated carbocycles. The average Bonchev–Trinajstić information content (AvgIpc) is 3.24. The number of benzene rings is 2. The molecule has 1 saturated heterocycles. The molecule has 7 nitrogen and oxygen atoms in total. The van der Waals surface area contributed by atoms with Crippen molar-refractivity contribution in [2.75, 3.05) is 13.1 Å². The van der Waals surface area contributed by atoms with Crippen molar-refractivity contribution in [3.8, 4) is 11.1 Å². The van der Waals surface area contributed by atoms with Crippen LogP contribution in [0.3, 0.4) is 0 Å². The summed E-state index contributed by atoms with van der Waals surface area (Å²) in [6, 6.07) is 14.6. The normalized spacial score (nSPS) is 19.0. The number of nitrogens with zero attached hydrogens (tertiary/aromatic N) is 3. The first-order valence-corrected chi connectivity index (χ1v) is 12.2. The first-order valence-electron chi connectivity index (χ1n) is 12.2. The largest absolute Gasteiger partial charge is 0.456 e. The monoisotopic (exact) mass is 472 g/mol. The molecule has 0 radical (unpaired) electrons. The second-order valence-corrected chi connectivity index (χ2v) is 10.9. The zero-order valence-corrected chi connectivity index (χ0v) is 20.8. The molecule has 1 aliphatic heterocycles. The number of carbonyl (C=O) groups excluding carboxylic acids is 2.